The van der Waals surface area contributed by atoms with Crippen LogP contribution in [0.4, 0.5) is 0 Å². The maximum Gasteiger partial charge on any atom is 0.0858 e. The van der Waals surface area contributed by atoms with Gasteiger partial charge in [-0.15, -0.1) is 0 Å². The molecule has 0 N–H and O–H groups in total. The Hall–Kier alpha value is -0.530. The van der Waals surface area contributed by atoms with E-state index in [-0.39, 0.29) is 5.54 Å². The van der Waals surface area contributed by atoms with Crippen LogP contribution in [0.25, 0.3) is 0 Å². The third-order valence-corrected chi connectivity index (χ3v) is 2.45. The largest absolute Gasteiger partial charge is 0.360 e. The molecular weight excluding hydrogens is 160 g/mol. The zero-order valence-electron chi connectivity index (χ0n) is 9.38. The smallest absolute Gasteiger partial charge is 0.0858 e. The van der Waals surface area contributed by atoms with Gasteiger partial charge in [0.15, 0.2) is 0 Å². The lowest BCUT2D eigenvalue weighted by molar-refractivity contribution is 0.263. The maximum absolute atomic E-state index is 4.53. The summed E-state index contributed by atoms with van der Waals surface area (Å²) >= 11 is 0. The number of hydrogen-bond acceptors (Lipinski definition) is 1. The first-order chi connectivity index (χ1) is 5.99. The molecule has 1 unspecified atom stereocenters. The number of likely N-dealkylation sites (tertiary alicyclic amines) is 1. The summed E-state index contributed by atoms with van der Waals surface area (Å²) in [6, 6.07) is 0.680. The second kappa shape index (κ2) is 4.12. The second-order valence-corrected chi connectivity index (χ2v) is 5.00. The van der Waals surface area contributed by atoms with Crippen LogP contribution in [0, 0.1) is 0 Å². The standard InChI is InChI=1S/C11H22N2/c1-10-7-5-6-8-13(10)9-12-11(2,3)4/h9-10H,5-8H2,1-4H3. The molecule has 0 radical (unpaired) electrons. The van der Waals surface area contributed by atoms with Gasteiger partial charge in [-0.2, -0.15) is 0 Å². The molecule has 1 aliphatic rings. The van der Waals surface area contributed by atoms with Crippen LogP contribution in [-0.4, -0.2) is 29.4 Å². The van der Waals surface area contributed by atoms with Crippen LogP contribution in [0.15, 0.2) is 4.99 Å². The van der Waals surface area contributed by atoms with Crippen LogP contribution in [0.1, 0.15) is 47.0 Å². The van der Waals surface area contributed by atoms with Crippen LogP contribution in [0.3, 0.4) is 0 Å². The van der Waals surface area contributed by atoms with Gasteiger partial charge in [0.1, 0.15) is 0 Å². The van der Waals surface area contributed by atoms with E-state index in [9.17, 15) is 0 Å². The molecule has 0 aromatic heterocycles. The fourth-order valence-corrected chi connectivity index (χ4v) is 1.54. The Kier molecular flexibility index (Phi) is 3.34. The number of rotatable bonds is 1. The molecule has 13 heavy (non-hydrogen) atoms. The van der Waals surface area contributed by atoms with Crippen molar-refractivity contribution >= 4 is 6.34 Å². The molecule has 76 valence electrons. The fourth-order valence-electron chi connectivity index (χ4n) is 1.54. The van der Waals surface area contributed by atoms with Crippen LogP contribution < -0.4 is 0 Å². The Bertz CT molecular complexity index is 179. The molecule has 1 rings (SSSR count). The first-order valence-electron chi connectivity index (χ1n) is 5.30. The summed E-state index contributed by atoms with van der Waals surface area (Å²) in [5.41, 5.74) is 0.0666. The van der Waals surface area contributed by atoms with Crippen molar-refractivity contribution in [2.24, 2.45) is 4.99 Å². The SMILES string of the molecule is CC1CCCCN1C=NC(C)(C)C. The van der Waals surface area contributed by atoms with Gasteiger partial charge in [0, 0.05) is 12.6 Å². The van der Waals surface area contributed by atoms with Crippen molar-refractivity contribution in [3.8, 4) is 0 Å². The Balaban J connectivity index is 2.47. The highest BCUT2D eigenvalue weighted by Gasteiger charge is 2.15. The Morgan fingerprint density at radius 3 is 2.54 bits per heavy atom. The Labute approximate surface area is 82.0 Å². The van der Waals surface area contributed by atoms with Crippen LogP contribution in [0.2, 0.25) is 0 Å². The lowest BCUT2D eigenvalue weighted by atomic mass is 10.0. The molecule has 0 saturated carbocycles. The van der Waals surface area contributed by atoms with Gasteiger partial charge in [0.2, 0.25) is 0 Å². The van der Waals surface area contributed by atoms with Crippen LogP contribution in [-0.2, 0) is 0 Å². The average Bonchev–Trinajstić information content (AvgIpc) is 2.01. The van der Waals surface area contributed by atoms with Crippen LogP contribution >= 0.6 is 0 Å². The van der Waals surface area contributed by atoms with E-state index in [4.69, 9.17) is 0 Å². The highest BCUT2D eigenvalue weighted by Crippen LogP contribution is 2.15. The van der Waals surface area contributed by atoms with E-state index in [1.807, 2.05) is 6.34 Å². The number of piperidine rings is 1. The maximum atomic E-state index is 4.53. The Morgan fingerprint density at radius 2 is 2.00 bits per heavy atom. The summed E-state index contributed by atoms with van der Waals surface area (Å²) < 4.78 is 0. The number of aliphatic imine (C=N–C) groups is 1. The van der Waals surface area contributed by atoms with Gasteiger partial charge in [-0.3, -0.25) is 4.99 Å². The van der Waals surface area contributed by atoms with Crippen molar-refractivity contribution in [3.05, 3.63) is 0 Å². The minimum atomic E-state index is 0.0666. The average molecular weight is 182 g/mol. The van der Waals surface area contributed by atoms with Crippen molar-refractivity contribution in [3.63, 3.8) is 0 Å². The predicted octanol–water partition coefficient (Wildman–Crippen LogP) is 2.69. The summed E-state index contributed by atoms with van der Waals surface area (Å²) in [6.07, 6.45) is 6.06. The van der Waals surface area contributed by atoms with Crippen molar-refractivity contribution in [2.75, 3.05) is 6.54 Å². The van der Waals surface area contributed by atoms with Crippen LogP contribution in [0.5, 0.6) is 0 Å². The first kappa shape index (κ1) is 10.6. The molecule has 1 atom stereocenters. The zero-order valence-corrected chi connectivity index (χ0v) is 9.38. The molecule has 0 aromatic rings. The van der Waals surface area contributed by atoms with Crippen molar-refractivity contribution in [2.45, 2.75) is 58.5 Å². The molecule has 1 saturated heterocycles. The molecule has 1 aliphatic heterocycles. The predicted molar refractivity (Wildman–Crippen MR) is 58.3 cm³/mol. The first-order valence-corrected chi connectivity index (χ1v) is 5.30. The van der Waals surface area contributed by atoms with E-state index in [2.05, 4.69) is 37.6 Å². The van der Waals surface area contributed by atoms with E-state index < -0.39 is 0 Å². The van der Waals surface area contributed by atoms with Gasteiger partial charge in [-0.05, 0) is 47.0 Å². The van der Waals surface area contributed by atoms with Crippen molar-refractivity contribution < 1.29 is 0 Å². The highest BCUT2D eigenvalue weighted by molar-refractivity contribution is 5.56. The normalized spacial score (nSPS) is 25.5. The molecule has 2 nitrogen and oxygen atoms in total. The minimum absolute atomic E-state index is 0.0666. The summed E-state index contributed by atoms with van der Waals surface area (Å²) in [5, 5.41) is 0. The third-order valence-electron chi connectivity index (χ3n) is 2.45. The monoisotopic (exact) mass is 182 g/mol. The molecule has 0 aliphatic carbocycles. The summed E-state index contributed by atoms with van der Waals surface area (Å²) in [6.45, 7) is 9.88. The summed E-state index contributed by atoms with van der Waals surface area (Å²) in [4.78, 5) is 6.90. The lowest BCUT2D eigenvalue weighted by Crippen LogP contribution is -2.36. The van der Waals surface area contributed by atoms with Gasteiger partial charge in [0.25, 0.3) is 0 Å². The summed E-state index contributed by atoms with van der Waals surface area (Å²) in [7, 11) is 0. The van der Waals surface area contributed by atoms with E-state index in [1.165, 1.54) is 25.8 Å². The van der Waals surface area contributed by atoms with Gasteiger partial charge in [0.05, 0.1) is 11.9 Å². The molecule has 1 heterocycles. The van der Waals surface area contributed by atoms with E-state index in [0.717, 1.165) is 0 Å². The molecule has 1 fully saturated rings. The van der Waals surface area contributed by atoms with E-state index in [1.54, 1.807) is 0 Å². The van der Waals surface area contributed by atoms with E-state index >= 15 is 0 Å². The molecule has 0 spiro atoms. The van der Waals surface area contributed by atoms with Crippen molar-refractivity contribution in [1.29, 1.82) is 0 Å². The van der Waals surface area contributed by atoms with Gasteiger partial charge >= 0.3 is 0 Å². The lowest BCUT2D eigenvalue weighted by Gasteiger charge is -2.32. The van der Waals surface area contributed by atoms with Gasteiger partial charge in [-0.25, -0.2) is 0 Å². The molecular formula is C11H22N2. The van der Waals surface area contributed by atoms with Gasteiger partial charge < -0.3 is 4.90 Å². The fraction of sp³-hybridized carbons (Fsp3) is 0.909. The molecule has 0 aromatic carbocycles. The molecule has 2 heteroatoms. The topological polar surface area (TPSA) is 15.6 Å². The Morgan fingerprint density at radius 1 is 1.31 bits per heavy atom. The number of hydrogen-bond donors (Lipinski definition) is 0. The highest BCUT2D eigenvalue weighted by atomic mass is 15.2. The summed E-state index contributed by atoms with van der Waals surface area (Å²) in [5.74, 6) is 0. The van der Waals surface area contributed by atoms with Crippen molar-refractivity contribution in [1.82, 2.24) is 4.90 Å². The second-order valence-electron chi connectivity index (χ2n) is 5.00. The van der Waals surface area contributed by atoms with Gasteiger partial charge in [-0.1, -0.05) is 0 Å². The third kappa shape index (κ3) is 3.79. The number of nitrogens with zero attached hydrogens (tertiary/aromatic N) is 2. The quantitative estimate of drug-likeness (QED) is 0.449. The zero-order chi connectivity index (χ0) is 9.90. The molecule has 0 amide bonds. The molecule has 0 bridgehead atoms. The van der Waals surface area contributed by atoms with E-state index in [0.29, 0.717) is 6.04 Å². The minimum Gasteiger partial charge on any atom is -0.360 e.